The van der Waals surface area contributed by atoms with Crippen LogP contribution in [0.25, 0.3) is 0 Å². The number of carbonyl (C=O) groups excluding carboxylic acids is 1. The Balaban J connectivity index is 2.08. The first-order chi connectivity index (χ1) is 11.3. The van der Waals surface area contributed by atoms with Crippen LogP contribution in [0, 0.1) is 6.92 Å². The third-order valence-electron chi connectivity index (χ3n) is 3.48. The molecule has 2 heterocycles. The summed E-state index contributed by atoms with van der Waals surface area (Å²) >= 11 is 0. The predicted molar refractivity (Wildman–Crippen MR) is 81.2 cm³/mol. The van der Waals surface area contributed by atoms with Gasteiger partial charge in [-0.05, 0) is 19.1 Å². The minimum absolute atomic E-state index is 0.00889. The zero-order valence-electron chi connectivity index (χ0n) is 12.9. The summed E-state index contributed by atoms with van der Waals surface area (Å²) < 4.78 is 40.8. The highest BCUT2D eigenvalue weighted by Gasteiger charge is 2.41. The van der Waals surface area contributed by atoms with Crippen LogP contribution in [0.15, 0.2) is 47.5 Å². The van der Waals surface area contributed by atoms with Gasteiger partial charge in [-0.1, -0.05) is 12.1 Å². The Morgan fingerprint density at radius 2 is 2.04 bits per heavy atom. The van der Waals surface area contributed by atoms with Crippen LogP contribution in [0.3, 0.4) is 0 Å². The highest BCUT2D eigenvalue weighted by Crippen LogP contribution is 2.32. The second kappa shape index (κ2) is 7.29. The maximum Gasteiger partial charge on any atom is 0.412 e. The Bertz CT molecular complexity index is 757. The SMILES string of the molecule is Cc1cccc(=O)n1CCC(=O)N[C@@H](c1cccnc1)C(F)(F)F. The molecule has 1 amide bonds. The van der Waals surface area contributed by atoms with Crippen LogP contribution in [-0.2, 0) is 11.3 Å². The second-order valence-corrected chi connectivity index (χ2v) is 5.24. The lowest BCUT2D eigenvalue weighted by Gasteiger charge is -2.22. The number of alkyl halides is 3. The third-order valence-corrected chi connectivity index (χ3v) is 3.48. The van der Waals surface area contributed by atoms with Crippen molar-refractivity contribution in [2.45, 2.75) is 32.1 Å². The molecule has 128 valence electrons. The van der Waals surface area contributed by atoms with Crippen molar-refractivity contribution >= 4 is 5.91 Å². The van der Waals surface area contributed by atoms with E-state index in [4.69, 9.17) is 0 Å². The summed E-state index contributed by atoms with van der Waals surface area (Å²) in [7, 11) is 0. The van der Waals surface area contributed by atoms with Gasteiger partial charge in [-0.2, -0.15) is 13.2 Å². The molecule has 1 N–H and O–H groups in total. The zero-order chi connectivity index (χ0) is 17.7. The molecule has 0 spiro atoms. The first-order valence-electron chi connectivity index (χ1n) is 7.21. The van der Waals surface area contributed by atoms with Gasteiger partial charge in [-0.3, -0.25) is 14.6 Å². The van der Waals surface area contributed by atoms with Gasteiger partial charge in [0, 0.05) is 42.7 Å². The maximum absolute atomic E-state index is 13.2. The Morgan fingerprint density at radius 1 is 1.29 bits per heavy atom. The van der Waals surface area contributed by atoms with Gasteiger partial charge >= 0.3 is 6.18 Å². The van der Waals surface area contributed by atoms with E-state index in [9.17, 15) is 22.8 Å². The van der Waals surface area contributed by atoms with Crippen molar-refractivity contribution < 1.29 is 18.0 Å². The molecule has 0 aliphatic heterocycles. The van der Waals surface area contributed by atoms with Crippen LogP contribution in [0.1, 0.15) is 23.7 Å². The molecule has 0 saturated heterocycles. The minimum Gasteiger partial charge on any atom is -0.341 e. The summed E-state index contributed by atoms with van der Waals surface area (Å²) in [6.07, 6.45) is -2.47. The quantitative estimate of drug-likeness (QED) is 0.910. The Kier molecular flexibility index (Phi) is 5.38. The van der Waals surface area contributed by atoms with Crippen molar-refractivity contribution in [3.8, 4) is 0 Å². The molecule has 0 unspecified atom stereocenters. The maximum atomic E-state index is 13.2. The largest absolute Gasteiger partial charge is 0.412 e. The van der Waals surface area contributed by atoms with E-state index in [1.54, 1.807) is 19.1 Å². The molecule has 0 bridgehead atoms. The first-order valence-corrected chi connectivity index (χ1v) is 7.21. The lowest BCUT2D eigenvalue weighted by Crippen LogP contribution is -2.38. The van der Waals surface area contributed by atoms with Crippen molar-refractivity contribution in [1.82, 2.24) is 14.9 Å². The average Bonchev–Trinajstić information content (AvgIpc) is 2.52. The number of halogens is 3. The van der Waals surface area contributed by atoms with Crippen molar-refractivity contribution in [2.75, 3.05) is 0 Å². The van der Waals surface area contributed by atoms with Gasteiger partial charge in [0.05, 0.1) is 0 Å². The molecule has 2 rings (SSSR count). The van der Waals surface area contributed by atoms with Crippen LogP contribution in [0.2, 0.25) is 0 Å². The number of rotatable bonds is 5. The summed E-state index contributed by atoms with van der Waals surface area (Å²) in [6.45, 7) is 1.70. The molecule has 2 aromatic rings. The second-order valence-electron chi connectivity index (χ2n) is 5.24. The fourth-order valence-electron chi connectivity index (χ4n) is 2.26. The summed E-state index contributed by atoms with van der Waals surface area (Å²) in [5, 5.41) is 1.96. The summed E-state index contributed by atoms with van der Waals surface area (Å²) in [6, 6.07) is 5.08. The smallest absolute Gasteiger partial charge is 0.341 e. The molecule has 0 fully saturated rings. The molecule has 24 heavy (non-hydrogen) atoms. The standard InChI is InChI=1S/C16H16F3N3O2/c1-11-4-2-6-14(24)22(11)9-7-13(23)21-15(16(17,18)19)12-5-3-8-20-10-12/h2-6,8,10,15H,7,9H2,1H3,(H,21,23)/t15-/m0/s1. The number of nitrogens with one attached hydrogen (secondary N) is 1. The molecular weight excluding hydrogens is 323 g/mol. The molecule has 5 nitrogen and oxygen atoms in total. The van der Waals surface area contributed by atoms with Crippen molar-refractivity contribution in [2.24, 2.45) is 0 Å². The van der Waals surface area contributed by atoms with E-state index in [2.05, 4.69) is 4.98 Å². The van der Waals surface area contributed by atoms with Crippen molar-refractivity contribution in [3.05, 3.63) is 64.3 Å². The summed E-state index contributed by atoms with van der Waals surface area (Å²) in [4.78, 5) is 27.3. The first kappa shape index (κ1) is 17.7. The van der Waals surface area contributed by atoms with Gasteiger partial charge in [0.15, 0.2) is 6.04 Å². The topological polar surface area (TPSA) is 64.0 Å². The Morgan fingerprint density at radius 3 is 2.62 bits per heavy atom. The normalized spacial score (nSPS) is 12.7. The highest BCUT2D eigenvalue weighted by atomic mass is 19.4. The van der Waals surface area contributed by atoms with Gasteiger partial charge in [0.25, 0.3) is 5.56 Å². The monoisotopic (exact) mass is 339 g/mol. The van der Waals surface area contributed by atoms with Crippen LogP contribution < -0.4 is 10.9 Å². The Labute approximate surface area is 136 Å². The van der Waals surface area contributed by atoms with E-state index >= 15 is 0 Å². The third kappa shape index (κ3) is 4.43. The molecule has 2 aromatic heterocycles. The molecule has 0 aliphatic rings. The average molecular weight is 339 g/mol. The molecule has 0 aliphatic carbocycles. The van der Waals surface area contributed by atoms with Crippen molar-refractivity contribution in [3.63, 3.8) is 0 Å². The minimum atomic E-state index is -4.64. The van der Waals surface area contributed by atoms with E-state index in [-0.39, 0.29) is 24.1 Å². The van der Waals surface area contributed by atoms with Gasteiger partial charge in [-0.15, -0.1) is 0 Å². The molecule has 0 saturated carbocycles. The van der Waals surface area contributed by atoms with Gasteiger partial charge in [-0.25, -0.2) is 0 Å². The van der Waals surface area contributed by atoms with E-state index < -0.39 is 18.1 Å². The molecule has 1 atom stereocenters. The van der Waals surface area contributed by atoms with E-state index in [0.717, 1.165) is 6.20 Å². The van der Waals surface area contributed by atoms with Crippen LogP contribution in [-0.4, -0.2) is 21.6 Å². The molecular formula is C16H16F3N3O2. The van der Waals surface area contributed by atoms with Gasteiger partial charge < -0.3 is 9.88 Å². The zero-order valence-corrected chi connectivity index (χ0v) is 12.9. The van der Waals surface area contributed by atoms with Crippen LogP contribution >= 0.6 is 0 Å². The number of aryl methyl sites for hydroxylation is 1. The summed E-state index contributed by atoms with van der Waals surface area (Å²) in [5.74, 6) is -0.795. The Hall–Kier alpha value is -2.64. The number of aromatic nitrogens is 2. The fourth-order valence-corrected chi connectivity index (χ4v) is 2.26. The number of hydrogen-bond acceptors (Lipinski definition) is 3. The summed E-state index contributed by atoms with van der Waals surface area (Å²) in [5.41, 5.74) is 0.184. The number of nitrogens with zero attached hydrogens (tertiary/aromatic N) is 2. The van der Waals surface area contributed by atoms with Crippen LogP contribution in [0.5, 0.6) is 0 Å². The van der Waals surface area contributed by atoms with Gasteiger partial charge in [0.1, 0.15) is 0 Å². The predicted octanol–water partition coefficient (Wildman–Crippen LogP) is 2.36. The molecule has 8 heteroatoms. The highest BCUT2D eigenvalue weighted by molar-refractivity contribution is 5.76. The molecule has 0 radical (unpaired) electrons. The number of hydrogen-bond donors (Lipinski definition) is 1. The lowest BCUT2D eigenvalue weighted by atomic mass is 10.1. The van der Waals surface area contributed by atoms with Crippen molar-refractivity contribution in [1.29, 1.82) is 0 Å². The fraction of sp³-hybridized carbons (Fsp3) is 0.312. The number of pyridine rings is 2. The molecule has 0 aromatic carbocycles. The lowest BCUT2D eigenvalue weighted by molar-refractivity contribution is -0.163. The van der Waals surface area contributed by atoms with E-state index in [1.807, 2.05) is 5.32 Å². The van der Waals surface area contributed by atoms with E-state index in [0.29, 0.717) is 5.69 Å². The van der Waals surface area contributed by atoms with E-state index in [1.165, 1.54) is 29.0 Å². The number of amides is 1. The van der Waals surface area contributed by atoms with Crippen LogP contribution in [0.4, 0.5) is 13.2 Å². The number of carbonyl (C=O) groups is 1. The van der Waals surface area contributed by atoms with Gasteiger partial charge in [0.2, 0.25) is 5.91 Å².